The molecule has 0 heterocycles. The molecule has 0 spiro atoms. The summed E-state index contributed by atoms with van der Waals surface area (Å²) in [7, 11) is 0. The van der Waals surface area contributed by atoms with E-state index in [2.05, 4.69) is 5.32 Å². The van der Waals surface area contributed by atoms with Gasteiger partial charge in [0.05, 0.1) is 0 Å². The van der Waals surface area contributed by atoms with Gasteiger partial charge in [0.25, 0.3) is 0 Å². The third-order valence-corrected chi connectivity index (χ3v) is 4.60. The molecule has 0 aliphatic heterocycles. The highest BCUT2D eigenvalue weighted by Crippen LogP contribution is 2.27. The molecule has 23 heavy (non-hydrogen) atoms. The van der Waals surface area contributed by atoms with Crippen LogP contribution in [0.2, 0.25) is 0 Å². The van der Waals surface area contributed by atoms with E-state index in [-0.39, 0.29) is 11.5 Å². The van der Waals surface area contributed by atoms with Crippen molar-refractivity contribution >= 4 is 5.91 Å². The lowest BCUT2D eigenvalue weighted by Gasteiger charge is -2.44. The molecular weight excluding hydrogens is 292 g/mol. The number of rotatable bonds is 7. The third-order valence-electron chi connectivity index (χ3n) is 4.60. The van der Waals surface area contributed by atoms with Crippen LogP contribution in [-0.4, -0.2) is 12.5 Å². The second-order valence-electron chi connectivity index (χ2n) is 6.51. The quantitative estimate of drug-likeness (QED) is 0.715. The Bertz CT molecular complexity index is 488. The Hall–Kier alpha value is -1.43. The molecule has 1 amide bonds. The van der Waals surface area contributed by atoms with Crippen molar-refractivity contribution in [2.45, 2.75) is 57.3 Å². The van der Waals surface area contributed by atoms with Crippen molar-refractivity contribution in [1.82, 2.24) is 5.32 Å². The molecule has 0 atom stereocenters. The Labute approximate surface area is 137 Å². The van der Waals surface area contributed by atoms with Crippen molar-refractivity contribution in [2.24, 2.45) is 11.7 Å². The first-order chi connectivity index (χ1) is 10.9. The van der Waals surface area contributed by atoms with Gasteiger partial charge in [0.1, 0.15) is 0 Å². The number of benzene rings is 1. The number of carbonyl (C=O) groups excluding carboxylic acids is 1. The van der Waals surface area contributed by atoms with Crippen LogP contribution in [0.5, 0.6) is 0 Å². The molecule has 5 heteroatoms. The van der Waals surface area contributed by atoms with E-state index in [1.165, 1.54) is 44.2 Å². The van der Waals surface area contributed by atoms with E-state index in [0.717, 1.165) is 17.9 Å². The number of nitrogens with two attached hydrogens (primary N) is 1. The van der Waals surface area contributed by atoms with Gasteiger partial charge in [-0.15, -0.1) is 5.91 Å². The lowest BCUT2D eigenvalue weighted by Crippen LogP contribution is -2.60. The monoisotopic (exact) mass is 318 g/mol. The van der Waals surface area contributed by atoms with Crippen LogP contribution in [0.15, 0.2) is 24.3 Å². The van der Waals surface area contributed by atoms with Gasteiger partial charge in [-0.3, -0.25) is 4.79 Å². The first-order valence-corrected chi connectivity index (χ1v) is 8.51. The van der Waals surface area contributed by atoms with Crippen LogP contribution in [0.3, 0.4) is 0 Å². The van der Waals surface area contributed by atoms with Gasteiger partial charge in [-0.05, 0) is 24.3 Å². The minimum Gasteiger partial charge on any atom is -0.848 e. The summed E-state index contributed by atoms with van der Waals surface area (Å²) in [5.74, 6) is -1.98. The molecule has 1 aliphatic carbocycles. The molecule has 0 unspecified atom stereocenters. The van der Waals surface area contributed by atoms with Crippen LogP contribution in [0.25, 0.3) is 0 Å². The van der Waals surface area contributed by atoms with Crippen molar-refractivity contribution in [3.63, 3.8) is 0 Å². The minimum atomic E-state index is -2.80. The van der Waals surface area contributed by atoms with Gasteiger partial charge in [-0.1, -0.05) is 61.9 Å². The molecule has 1 saturated carbocycles. The fraction of sp³-hybridized carbons (Fsp3) is 0.611. The predicted molar refractivity (Wildman–Crippen MR) is 84.8 cm³/mol. The van der Waals surface area contributed by atoms with Crippen LogP contribution in [-0.2, 0) is 17.1 Å². The van der Waals surface area contributed by atoms with Crippen LogP contribution >= 0.6 is 0 Å². The summed E-state index contributed by atoms with van der Waals surface area (Å²) in [6.45, 7) is 0.561. The van der Waals surface area contributed by atoms with E-state index in [4.69, 9.17) is 5.73 Å². The minimum absolute atomic E-state index is 0.0257. The van der Waals surface area contributed by atoms with Crippen LogP contribution < -0.4 is 21.3 Å². The lowest BCUT2D eigenvalue weighted by atomic mass is 9.86. The molecule has 0 radical (unpaired) electrons. The van der Waals surface area contributed by atoms with Crippen LogP contribution in [0.1, 0.15) is 56.1 Å². The summed E-state index contributed by atoms with van der Waals surface area (Å²) in [5, 5.41) is 25.1. The molecule has 3 N–H and O–H groups in total. The van der Waals surface area contributed by atoms with Crippen molar-refractivity contribution < 1.29 is 15.0 Å². The molecular formula is C18H26N2O3-2. The maximum absolute atomic E-state index is 11.9. The molecule has 128 valence electrons. The molecule has 2 rings (SSSR count). The van der Waals surface area contributed by atoms with Gasteiger partial charge in [-0.2, -0.15) is 0 Å². The molecule has 0 aromatic heterocycles. The first-order valence-electron chi connectivity index (χ1n) is 8.51. The average Bonchev–Trinajstić information content (AvgIpc) is 2.53. The Morgan fingerprint density at radius 3 is 2.43 bits per heavy atom. The lowest BCUT2D eigenvalue weighted by molar-refractivity contribution is -0.734. The highest BCUT2D eigenvalue weighted by molar-refractivity contribution is 5.75. The van der Waals surface area contributed by atoms with Gasteiger partial charge in [0.15, 0.2) is 0 Å². The normalized spacial score (nSPS) is 16.3. The van der Waals surface area contributed by atoms with E-state index in [1.54, 1.807) is 12.1 Å². The van der Waals surface area contributed by atoms with E-state index >= 15 is 0 Å². The molecule has 5 nitrogen and oxygen atoms in total. The number of amides is 1. The van der Waals surface area contributed by atoms with Crippen molar-refractivity contribution in [3.05, 3.63) is 35.4 Å². The first kappa shape index (κ1) is 17.9. The summed E-state index contributed by atoms with van der Waals surface area (Å²) in [4.78, 5) is 11.9. The zero-order chi connectivity index (χ0) is 16.7. The molecule has 1 aliphatic rings. The molecule has 0 bridgehead atoms. The van der Waals surface area contributed by atoms with E-state index in [9.17, 15) is 15.0 Å². The summed E-state index contributed by atoms with van der Waals surface area (Å²) < 4.78 is 0. The van der Waals surface area contributed by atoms with Crippen LogP contribution in [0.4, 0.5) is 0 Å². The van der Waals surface area contributed by atoms with E-state index in [1.807, 2.05) is 0 Å². The summed E-state index contributed by atoms with van der Waals surface area (Å²) in [5.41, 5.74) is 5.96. The zero-order valence-electron chi connectivity index (χ0n) is 13.6. The maximum atomic E-state index is 11.9. The molecule has 1 aromatic rings. The second kappa shape index (κ2) is 8.43. The van der Waals surface area contributed by atoms with Crippen molar-refractivity contribution in [1.29, 1.82) is 0 Å². The topological polar surface area (TPSA) is 101 Å². The Balaban J connectivity index is 1.65. The summed E-state index contributed by atoms with van der Waals surface area (Å²) in [6, 6.07) is 6.34. The van der Waals surface area contributed by atoms with Gasteiger partial charge in [0.2, 0.25) is 5.91 Å². The highest BCUT2D eigenvalue weighted by atomic mass is 16.5. The smallest absolute Gasteiger partial charge is 0.220 e. The molecule has 1 fully saturated rings. The van der Waals surface area contributed by atoms with E-state index < -0.39 is 5.91 Å². The van der Waals surface area contributed by atoms with Gasteiger partial charge >= 0.3 is 0 Å². The van der Waals surface area contributed by atoms with Gasteiger partial charge < -0.3 is 21.3 Å². The number of hydrogen-bond donors (Lipinski definition) is 2. The fourth-order valence-corrected chi connectivity index (χ4v) is 3.15. The Morgan fingerprint density at radius 1 is 1.17 bits per heavy atom. The van der Waals surface area contributed by atoms with Crippen LogP contribution in [0, 0.1) is 5.92 Å². The summed E-state index contributed by atoms with van der Waals surface area (Å²) >= 11 is 0. The Morgan fingerprint density at radius 2 is 1.83 bits per heavy atom. The standard InChI is InChI=1S/C18H26N2O3/c19-18(22,23)16-9-6-15(7-10-16)12-13-20-17(21)11-8-14-4-2-1-3-5-14/h6-7,9-10,14H,1-5,8,11-13,19H2,(H,20,21)/q-2. The van der Waals surface area contributed by atoms with Gasteiger partial charge in [0, 0.05) is 13.0 Å². The average molecular weight is 318 g/mol. The largest absolute Gasteiger partial charge is 0.848 e. The predicted octanol–water partition coefficient (Wildman–Crippen LogP) is 0.495. The fourth-order valence-electron chi connectivity index (χ4n) is 3.15. The SMILES string of the molecule is NC([O-])([O-])c1ccc(CCNC(=O)CCC2CCCCC2)cc1. The molecule has 0 saturated heterocycles. The second-order valence-corrected chi connectivity index (χ2v) is 6.51. The summed E-state index contributed by atoms with van der Waals surface area (Å²) in [6.07, 6.45) is 8.75. The highest BCUT2D eigenvalue weighted by Gasteiger charge is 2.14. The number of nitrogens with one attached hydrogen (secondary N) is 1. The third kappa shape index (κ3) is 6.29. The molecule has 1 aromatic carbocycles. The van der Waals surface area contributed by atoms with E-state index in [0.29, 0.717) is 19.4 Å². The Kier molecular flexibility index (Phi) is 6.57. The number of carbonyl (C=O) groups is 1. The van der Waals surface area contributed by atoms with Crippen molar-refractivity contribution in [2.75, 3.05) is 6.54 Å². The maximum Gasteiger partial charge on any atom is 0.220 e. The van der Waals surface area contributed by atoms with Crippen molar-refractivity contribution in [3.8, 4) is 0 Å². The number of hydrogen-bond acceptors (Lipinski definition) is 4. The zero-order valence-corrected chi connectivity index (χ0v) is 13.6. The van der Waals surface area contributed by atoms with Gasteiger partial charge in [-0.25, -0.2) is 0 Å².